The summed E-state index contributed by atoms with van der Waals surface area (Å²) in [6, 6.07) is 22.9. The third-order valence-corrected chi connectivity index (χ3v) is 5.59. The summed E-state index contributed by atoms with van der Waals surface area (Å²) in [5.41, 5.74) is 3.45. The third kappa shape index (κ3) is 5.24. The Balaban J connectivity index is 1.28. The van der Waals surface area contributed by atoms with Crippen LogP contribution < -0.4 is 4.74 Å². The molecule has 4 aromatic carbocycles. The Morgan fingerprint density at radius 1 is 0.971 bits per heavy atom. The largest absolute Gasteiger partial charge is 0.436 e. The zero-order valence-electron chi connectivity index (χ0n) is 17.9. The van der Waals surface area contributed by atoms with Gasteiger partial charge in [0, 0.05) is 16.8 Å². The van der Waals surface area contributed by atoms with E-state index in [-0.39, 0.29) is 16.4 Å². The standard InChI is InChI=1S/C27H15Cl2FN2O3/c28-18-6-10-22(23(29)13-18)27(33)34-21-8-4-16(5-9-21)15-31-20-7-11-25-24(14-20)32-26(35-25)17-2-1-3-19(30)12-17/h1-15H. The monoisotopic (exact) mass is 504 g/mol. The van der Waals surface area contributed by atoms with Crippen molar-refractivity contribution in [3.8, 4) is 17.2 Å². The maximum Gasteiger partial charge on any atom is 0.345 e. The van der Waals surface area contributed by atoms with Crippen LogP contribution in [0.15, 0.2) is 94.3 Å². The molecule has 35 heavy (non-hydrogen) atoms. The number of benzene rings is 4. The molecule has 0 aliphatic heterocycles. The predicted octanol–water partition coefficient (Wildman–Crippen LogP) is 7.91. The molecule has 5 aromatic rings. The van der Waals surface area contributed by atoms with Crippen LogP contribution in [0.2, 0.25) is 10.0 Å². The smallest absolute Gasteiger partial charge is 0.345 e. The van der Waals surface area contributed by atoms with Crippen molar-refractivity contribution in [3.63, 3.8) is 0 Å². The van der Waals surface area contributed by atoms with Crippen LogP contribution in [0.5, 0.6) is 5.75 Å². The Morgan fingerprint density at radius 3 is 2.57 bits per heavy atom. The van der Waals surface area contributed by atoms with Crippen LogP contribution in [-0.2, 0) is 0 Å². The van der Waals surface area contributed by atoms with E-state index in [1.54, 1.807) is 66.9 Å². The Labute approximate surface area is 209 Å². The van der Waals surface area contributed by atoms with Gasteiger partial charge >= 0.3 is 5.97 Å². The summed E-state index contributed by atoms with van der Waals surface area (Å²) < 4.78 is 24.6. The number of nitrogens with zero attached hydrogens (tertiary/aromatic N) is 2. The highest BCUT2D eigenvalue weighted by atomic mass is 35.5. The highest BCUT2D eigenvalue weighted by Crippen LogP contribution is 2.28. The van der Waals surface area contributed by atoms with Gasteiger partial charge in [-0.1, -0.05) is 29.3 Å². The number of rotatable bonds is 5. The van der Waals surface area contributed by atoms with E-state index >= 15 is 0 Å². The first-order valence-electron chi connectivity index (χ1n) is 10.4. The van der Waals surface area contributed by atoms with Gasteiger partial charge in [0.2, 0.25) is 5.89 Å². The van der Waals surface area contributed by atoms with Crippen LogP contribution in [0.1, 0.15) is 15.9 Å². The minimum Gasteiger partial charge on any atom is -0.436 e. The zero-order chi connectivity index (χ0) is 24.4. The van der Waals surface area contributed by atoms with Gasteiger partial charge < -0.3 is 9.15 Å². The summed E-state index contributed by atoms with van der Waals surface area (Å²) in [6.07, 6.45) is 1.68. The molecule has 0 N–H and O–H groups in total. The van der Waals surface area contributed by atoms with Gasteiger partial charge in [-0.25, -0.2) is 14.2 Å². The molecular weight excluding hydrogens is 490 g/mol. The molecule has 0 spiro atoms. The summed E-state index contributed by atoms with van der Waals surface area (Å²) in [7, 11) is 0. The quantitative estimate of drug-likeness (QED) is 0.138. The summed E-state index contributed by atoms with van der Waals surface area (Å²) in [5.74, 6) is -0.228. The van der Waals surface area contributed by atoms with E-state index < -0.39 is 5.97 Å². The van der Waals surface area contributed by atoms with E-state index in [9.17, 15) is 9.18 Å². The van der Waals surface area contributed by atoms with E-state index in [1.807, 2.05) is 0 Å². The molecule has 0 radical (unpaired) electrons. The molecule has 0 unspecified atom stereocenters. The predicted molar refractivity (Wildman–Crippen MR) is 135 cm³/mol. The van der Waals surface area contributed by atoms with Crippen LogP contribution in [-0.4, -0.2) is 17.2 Å². The van der Waals surface area contributed by atoms with Crippen molar-refractivity contribution in [2.24, 2.45) is 4.99 Å². The van der Waals surface area contributed by atoms with Gasteiger partial charge in [0.15, 0.2) is 5.58 Å². The first-order chi connectivity index (χ1) is 16.9. The SMILES string of the molecule is O=C(Oc1ccc(C=Nc2ccc3oc(-c4cccc(F)c4)nc3c2)cc1)c1ccc(Cl)cc1Cl. The highest BCUT2D eigenvalue weighted by molar-refractivity contribution is 6.36. The average molecular weight is 505 g/mol. The molecule has 0 bridgehead atoms. The van der Waals surface area contributed by atoms with Crippen molar-refractivity contribution in [1.82, 2.24) is 4.98 Å². The van der Waals surface area contributed by atoms with Crippen molar-refractivity contribution in [1.29, 1.82) is 0 Å². The number of hydrogen-bond acceptors (Lipinski definition) is 5. The van der Waals surface area contributed by atoms with Crippen molar-refractivity contribution in [3.05, 3.63) is 112 Å². The van der Waals surface area contributed by atoms with Crippen LogP contribution >= 0.6 is 23.2 Å². The number of fused-ring (bicyclic) bond motifs is 1. The highest BCUT2D eigenvalue weighted by Gasteiger charge is 2.13. The number of aliphatic imine (C=N–C) groups is 1. The molecule has 0 aliphatic carbocycles. The van der Waals surface area contributed by atoms with Crippen molar-refractivity contribution in [2.75, 3.05) is 0 Å². The Hall–Kier alpha value is -4.00. The molecule has 0 atom stereocenters. The first-order valence-corrected chi connectivity index (χ1v) is 11.2. The van der Waals surface area contributed by atoms with Crippen molar-refractivity contribution in [2.45, 2.75) is 0 Å². The maximum absolute atomic E-state index is 13.5. The number of esters is 1. The third-order valence-electron chi connectivity index (χ3n) is 5.05. The summed E-state index contributed by atoms with van der Waals surface area (Å²) in [5, 5.41) is 0.656. The molecular formula is C27H15Cl2FN2O3. The molecule has 0 saturated heterocycles. The molecule has 5 nitrogen and oxygen atoms in total. The topological polar surface area (TPSA) is 64.7 Å². The summed E-state index contributed by atoms with van der Waals surface area (Å²) in [6.45, 7) is 0. The molecule has 0 aliphatic rings. The number of ether oxygens (including phenoxy) is 1. The van der Waals surface area contributed by atoms with Gasteiger partial charge in [-0.2, -0.15) is 0 Å². The normalized spacial score (nSPS) is 11.3. The summed E-state index contributed by atoms with van der Waals surface area (Å²) in [4.78, 5) is 21.3. The van der Waals surface area contributed by atoms with E-state index in [4.69, 9.17) is 32.4 Å². The van der Waals surface area contributed by atoms with Crippen LogP contribution in [0.3, 0.4) is 0 Å². The summed E-state index contributed by atoms with van der Waals surface area (Å²) >= 11 is 11.9. The molecule has 172 valence electrons. The number of aromatic nitrogens is 1. The molecule has 8 heteroatoms. The van der Waals surface area contributed by atoms with E-state index in [0.717, 1.165) is 5.56 Å². The Bertz CT molecular complexity index is 1580. The molecule has 0 amide bonds. The minimum atomic E-state index is -0.577. The van der Waals surface area contributed by atoms with Gasteiger partial charge in [0.05, 0.1) is 16.3 Å². The van der Waals surface area contributed by atoms with Crippen LogP contribution in [0, 0.1) is 5.82 Å². The fourth-order valence-electron chi connectivity index (χ4n) is 3.33. The number of halogens is 3. The van der Waals surface area contributed by atoms with Gasteiger partial charge in [0.25, 0.3) is 0 Å². The van der Waals surface area contributed by atoms with Gasteiger partial charge in [-0.05, 0) is 84.4 Å². The fourth-order valence-corrected chi connectivity index (χ4v) is 3.81. The Morgan fingerprint density at radius 2 is 1.80 bits per heavy atom. The number of carbonyl (C=O) groups excluding carboxylic acids is 1. The second-order valence-electron chi connectivity index (χ2n) is 7.52. The molecule has 0 fully saturated rings. The first kappa shape index (κ1) is 22.8. The van der Waals surface area contributed by atoms with Crippen molar-refractivity contribution < 1.29 is 18.3 Å². The van der Waals surface area contributed by atoms with Crippen LogP contribution in [0.25, 0.3) is 22.6 Å². The van der Waals surface area contributed by atoms with Crippen LogP contribution in [0.4, 0.5) is 10.1 Å². The number of hydrogen-bond donors (Lipinski definition) is 0. The lowest BCUT2D eigenvalue weighted by Crippen LogP contribution is -2.09. The molecule has 1 aromatic heterocycles. The number of oxazole rings is 1. The minimum absolute atomic E-state index is 0.221. The van der Waals surface area contributed by atoms with Gasteiger partial charge in [-0.15, -0.1) is 0 Å². The second kappa shape index (κ2) is 9.70. The lowest BCUT2D eigenvalue weighted by molar-refractivity contribution is 0.0735. The van der Waals surface area contributed by atoms with E-state index in [0.29, 0.717) is 39.0 Å². The maximum atomic E-state index is 13.5. The fraction of sp³-hybridized carbons (Fsp3) is 0. The number of carbonyl (C=O) groups is 1. The van der Waals surface area contributed by atoms with Gasteiger partial charge in [-0.3, -0.25) is 4.99 Å². The van der Waals surface area contributed by atoms with Gasteiger partial charge in [0.1, 0.15) is 17.1 Å². The lowest BCUT2D eigenvalue weighted by Gasteiger charge is -2.06. The average Bonchev–Trinajstić information content (AvgIpc) is 3.27. The van der Waals surface area contributed by atoms with E-state index in [1.165, 1.54) is 24.3 Å². The zero-order valence-corrected chi connectivity index (χ0v) is 19.4. The molecule has 5 rings (SSSR count). The van der Waals surface area contributed by atoms with E-state index in [2.05, 4.69) is 9.98 Å². The Kier molecular flexibility index (Phi) is 6.31. The molecule has 0 saturated carbocycles. The lowest BCUT2D eigenvalue weighted by atomic mass is 10.2. The van der Waals surface area contributed by atoms with Crippen molar-refractivity contribution >= 4 is 52.2 Å². The molecule has 1 heterocycles. The second-order valence-corrected chi connectivity index (χ2v) is 8.37.